The monoisotopic (exact) mass is 304 g/mol. The van der Waals surface area contributed by atoms with Gasteiger partial charge in [0.15, 0.2) is 0 Å². The van der Waals surface area contributed by atoms with Crippen LogP contribution in [0.4, 0.5) is 0 Å². The second-order valence-electron chi connectivity index (χ2n) is 5.49. The molecule has 0 fully saturated rings. The fraction of sp³-hybridized carbons (Fsp3) is 0.143. The van der Waals surface area contributed by atoms with Gasteiger partial charge in [-0.25, -0.2) is 0 Å². The lowest BCUT2D eigenvalue weighted by molar-refractivity contribution is 1.13. The largest absolute Gasteiger partial charge is 0.0901 e. The van der Waals surface area contributed by atoms with Crippen molar-refractivity contribution in [1.29, 1.82) is 0 Å². The van der Waals surface area contributed by atoms with E-state index in [-0.39, 0.29) is 0 Å². The van der Waals surface area contributed by atoms with Gasteiger partial charge in [-0.05, 0) is 54.3 Å². The van der Waals surface area contributed by atoms with E-state index in [0.29, 0.717) is 0 Å². The summed E-state index contributed by atoms with van der Waals surface area (Å²) in [7, 11) is 0. The zero-order valence-electron chi connectivity index (χ0n) is 13.0. The van der Waals surface area contributed by atoms with Crippen molar-refractivity contribution in [2.75, 3.05) is 0 Å². The summed E-state index contributed by atoms with van der Waals surface area (Å²) in [6, 6.07) is 26.3. The van der Waals surface area contributed by atoms with E-state index in [2.05, 4.69) is 86.6 Å². The van der Waals surface area contributed by atoms with Crippen LogP contribution in [-0.2, 0) is 6.42 Å². The number of benzene rings is 3. The molecular weight excluding hydrogens is 284 g/mol. The van der Waals surface area contributed by atoms with Crippen LogP contribution in [0.1, 0.15) is 18.1 Å². The third-order valence-electron chi connectivity index (χ3n) is 3.81. The Bertz CT molecular complexity index is 722. The third kappa shape index (κ3) is 3.61. The van der Waals surface area contributed by atoms with E-state index < -0.39 is 0 Å². The van der Waals surface area contributed by atoms with Gasteiger partial charge >= 0.3 is 0 Å². The lowest BCUT2D eigenvalue weighted by Gasteiger charge is -2.06. The van der Waals surface area contributed by atoms with Crippen LogP contribution in [0.15, 0.2) is 82.6 Å². The van der Waals surface area contributed by atoms with E-state index in [4.69, 9.17) is 0 Å². The summed E-state index contributed by atoms with van der Waals surface area (Å²) in [5.41, 5.74) is 5.23. The van der Waals surface area contributed by atoms with Crippen molar-refractivity contribution in [3.05, 3.63) is 83.9 Å². The fourth-order valence-electron chi connectivity index (χ4n) is 2.39. The highest BCUT2D eigenvalue weighted by atomic mass is 32.2. The molecule has 0 N–H and O–H groups in total. The van der Waals surface area contributed by atoms with Crippen molar-refractivity contribution in [3.63, 3.8) is 0 Å². The summed E-state index contributed by atoms with van der Waals surface area (Å²) in [4.78, 5) is 2.57. The molecule has 0 unspecified atom stereocenters. The van der Waals surface area contributed by atoms with Gasteiger partial charge in [0.2, 0.25) is 0 Å². The average Bonchev–Trinajstić information content (AvgIpc) is 2.57. The molecule has 0 aliphatic carbocycles. The molecule has 0 spiro atoms. The molecule has 110 valence electrons. The summed E-state index contributed by atoms with van der Waals surface area (Å²) < 4.78 is 0. The van der Waals surface area contributed by atoms with Crippen LogP contribution in [0.25, 0.3) is 11.1 Å². The molecule has 0 bridgehead atoms. The minimum atomic E-state index is 1.09. The van der Waals surface area contributed by atoms with Crippen LogP contribution in [0.2, 0.25) is 0 Å². The van der Waals surface area contributed by atoms with Crippen LogP contribution in [0.5, 0.6) is 0 Å². The van der Waals surface area contributed by atoms with E-state index in [1.54, 1.807) is 0 Å². The summed E-state index contributed by atoms with van der Waals surface area (Å²) in [6.45, 7) is 4.30. The zero-order valence-corrected chi connectivity index (χ0v) is 13.9. The molecule has 0 aliphatic rings. The first kappa shape index (κ1) is 14.9. The van der Waals surface area contributed by atoms with Gasteiger partial charge in [-0.2, -0.15) is 0 Å². The van der Waals surface area contributed by atoms with Gasteiger partial charge in [0.05, 0.1) is 0 Å². The first-order valence-corrected chi connectivity index (χ1v) is 8.50. The predicted octanol–water partition coefficient (Wildman–Crippen LogP) is 6.38. The van der Waals surface area contributed by atoms with E-state index in [9.17, 15) is 0 Å². The molecule has 0 amide bonds. The minimum Gasteiger partial charge on any atom is -0.0901 e. The van der Waals surface area contributed by atoms with Gasteiger partial charge in [0, 0.05) is 9.79 Å². The Morgan fingerprint density at radius 3 is 1.59 bits per heavy atom. The number of hydrogen-bond donors (Lipinski definition) is 0. The van der Waals surface area contributed by atoms with E-state index in [1.807, 2.05) is 11.8 Å². The van der Waals surface area contributed by atoms with Gasteiger partial charge in [0.1, 0.15) is 0 Å². The van der Waals surface area contributed by atoms with Crippen LogP contribution in [-0.4, -0.2) is 0 Å². The Morgan fingerprint density at radius 2 is 1.09 bits per heavy atom. The van der Waals surface area contributed by atoms with Crippen molar-refractivity contribution in [2.45, 2.75) is 30.1 Å². The first-order chi connectivity index (χ1) is 10.7. The van der Waals surface area contributed by atoms with Crippen molar-refractivity contribution in [3.8, 4) is 11.1 Å². The van der Waals surface area contributed by atoms with Crippen molar-refractivity contribution < 1.29 is 0 Å². The highest BCUT2D eigenvalue weighted by Gasteiger charge is 2.00. The van der Waals surface area contributed by atoms with E-state index in [0.717, 1.165) is 6.42 Å². The molecule has 0 saturated heterocycles. The quantitative estimate of drug-likeness (QED) is 0.539. The van der Waals surface area contributed by atoms with Crippen molar-refractivity contribution >= 4 is 11.8 Å². The van der Waals surface area contributed by atoms with E-state index >= 15 is 0 Å². The average molecular weight is 304 g/mol. The Kier molecular flexibility index (Phi) is 4.65. The molecule has 0 atom stereocenters. The summed E-state index contributed by atoms with van der Waals surface area (Å²) in [5, 5.41) is 0. The molecule has 22 heavy (non-hydrogen) atoms. The summed E-state index contributed by atoms with van der Waals surface area (Å²) in [5.74, 6) is 0. The molecule has 0 heterocycles. The van der Waals surface area contributed by atoms with Crippen molar-refractivity contribution in [2.24, 2.45) is 0 Å². The lowest BCUT2D eigenvalue weighted by atomic mass is 10.0. The Labute approximate surface area is 137 Å². The lowest BCUT2D eigenvalue weighted by Crippen LogP contribution is -1.81. The molecule has 1 heteroatoms. The van der Waals surface area contributed by atoms with Gasteiger partial charge in [0.25, 0.3) is 0 Å². The highest BCUT2D eigenvalue weighted by Crippen LogP contribution is 2.30. The van der Waals surface area contributed by atoms with E-state index in [1.165, 1.54) is 32.0 Å². The van der Waals surface area contributed by atoms with Crippen LogP contribution in [0, 0.1) is 6.92 Å². The summed E-state index contributed by atoms with van der Waals surface area (Å²) in [6.07, 6.45) is 1.09. The van der Waals surface area contributed by atoms with Crippen LogP contribution < -0.4 is 0 Å². The molecule has 0 aromatic heterocycles. The molecule has 0 nitrogen and oxygen atoms in total. The van der Waals surface area contributed by atoms with Crippen LogP contribution in [0.3, 0.4) is 0 Å². The molecular formula is C21H20S. The number of aryl methyl sites for hydroxylation is 2. The molecule has 0 radical (unpaired) electrons. The molecule has 3 rings (SSSR count). The maximum absolute atomic E-state index is 2.21. The smallest absolute Gasteiger partial charge is 0.0122 e. The number of rotatable bonds is 4. The predicted molar refractivity (Wildman–Crippen MR) is 96.6 cm³/mol. The third-order valence-corrected chi connectivity index (χ3v) is 4.82. The second-order valence-corrected chi connectivity index (χ2v) is 6.64. The normalized spacial score (nSPS) is 10.6. The Hall–Kier alpha value is -1.99. The zero-order chi connectivity index (χ0) is 15.4. The molecule has 3 aromatic rings. The Balaban J connectivity index is 1.74. The van der Waals surface area contributed by atoms with Gasteiger partial charge < -0.3 is 0 Å². The highest BCUT2D eigenvalue weighted by molar-refractivity contribution is 7.99. The minimum absolute atomic E-state index is 1.09. The number of hydrogen-bond acceptors (Lipinski definition) is 1. The second kappa shape index (κ2) is 6.85. The SMILES string of the molecule is CCc1ccc(Sc2ccc(-c3ccc(C)cc3)cc2)cc1. The van der Waals surface area contributed by atoms with Crippen LogP contribution >= 0.6 is 11.8 Å². The Morgan fingerprint density at radius 1 is 0.636 bits per heavy atom. The topological polar surface area (TPSA) is 0 Å². The van der Waals surface area contributed by atoms with Crippen molar-refractivity contribution in [1.82, 2.24) is 0 Å². The standard InChI is InChI=1S/C21H20S/c1-3-17-6-12-20(13-7-17)22-21-14-10-19(11-15-21)18-8-4-16(2)5-9-18/h4-15H,3H2,1-2H3. The fourth-order valence-corrected chi connectivity index (χ4v) is 3.21. The molecule has 0 aliphatic heterocycles. The summed E-state index contributed by atoms with van der Waals surface area (Å²) >= 11 is 1.81. The van der Waals surface area contributed by atoms with Gasteiger partial charge in [-0.1, -0.05) is 72.8 Å². The van der Waals surface area contributed by atoms with Gasteiger partial charge in [-0.15, -0.1) is 0 Å². The van der Waals surface area contributed by atoms with Gasteiger partial charge in [-0.3, -0.25) is 0 Å². The maximum atomic E-state index is 2.21. The maximum Gasteiger partial charge on any atom is 0.0122 e. The molecule has 3 aromatic carbocycles. The first-order valence-electron chi connectivity index (χ1n) is 7.68. The molecule has 0 saturated carbocycles.